The van der Waals surface area contributed by atoms with E-state index in [0.29, 0.717) is 0 Å². The van der Waals surface area contributed by atoms with Crippen molar-refractivity contribution in [3.05, 3.63) is 230 Å². The smallest absolute Gasteiger partial charge is 0.160 e. The number of benzene rings is 9. The first-order chi connectivity index (χ1) is 29.5. The van der Waals surface area contributed by atoms with Gasteiger partial charge in [-0.1, -0.05) is 159 Å². The maximum Gasteiger partial charge on any atom is 0.160 e. The molecule has 60 heavy (non-hydrogen) atoms. The lowest BCUT2D eigenvalue weighted by molar-refractivity contribution is 0.657. The van der Waals surface area contributed by atoms with E-state index < -0.39 is 0 Å². The molecule has 11 rings (SSSR count). The van der Waals surface area contributed by atoms with Crippen LogP contribution in [-0.2, 0) is 5.41 Å². The number of hydrogen-bond donors (Lipinski definition) is 0. The molecule has 0 N–H and O–H groups in total. The fourth-order valence-corrected chi connectivity index (χ4v) is 9.31. The van der Waals surface area contributed by atoms with Gasteiger partial charge in [0.25, 0.3) is 0 Å². The standard InChI is InChI=1S/C57H42N2O/c1-57(2)50-37-47(58(43-25-11-5-12-26-43)45-29-17-23-41(35-45)39-19-7-3-8-20-39)33-34-48(50)54-51(57)38-52(56-55(54)49-31-15-16-32-53(49)60-56)59(44-27-13-6-14-28-44)46-30-18-24-42(36-46)40-21-9-4-10-22-40/h3-38H,1-2H3. The van der Waals surface area contributed by atoms with Crippen molar-refractivity contribution in [2.75, 3.05) is 9.80 Å². The van der Waals surface area contributed by atoms with Gasteiger partial charge in [0, 0.05) is 44.6 Å². The number of hydrogen-bond acceptors (Lipinski definition) is 3. The van der Waals surface area contributed by atoms with Crippen LogP contribution in [0, 0.1) is 0 Å². The van der Waals surface area contributed by atoms with Gasteiger partial charge in [0.1, 0.15) is 5.58 Å². The maximum atomic E-state index is 7.01. The van der Waals surface area contributed by atoms with Crippen molar-refractivity contribution in [2.24, 2.45) is 0 Å². The third-order valence-corrected chi connectivity index (χ3v) is 12.2. The van der Waals surface area contributed by atoms with Crippen LogP contribution in [0.25, 0.3) is 55.3 Å². The molecule has 0 radical (unpaired) electrons. The molecule has 0 aliphatic heterocycles. The van der Waals surface area contributed by atoms with E-state index in [1.54, 1.807) is 0 Å². The average Bonchev–Trinajstić information content (AvgIpc) is 3.80. The highest BCUT2D eigenvalue weighted by atomic mass is 16.3. The van der Waals surface area contributed by atoms with E-state index >= 15 is 0 Å². The van der Waals surface area contributed by atoms with E-state index in [9.17, 15) is 0 Å². The van der Waals surface area contributed by atoms with Gasteiger partial charge in [-0.3, -0.25) is 0 Å². The van der Waals surface area contributed by atoms with E-state index in [-0.39, 0.29) is 5.41 Å². The summed E-state index contributed by atoms with van der Waals surface area (Å²) in [6, 6.07) is 78.3. The SMILES string of the molecule is CC1(C)c2cc(N(c3ccccc3)c3cccc(-c4ccccc4)c3)ccc2-c2c1cc(N(c1ccccc1)c1cccc(-c3ccccc3)c1)c1oc3ccccc3c21. The summed E-state index contributed by atoms with van der Waals surface area (Å²) in [6.45, 7) is 4.76. The summed E-state index contributed by atoms with van der Waals surface area (Å²) < 4.78 is 7.01. The van der Waals surface area contributed by atoms with Gasteiger partial charge in [0.2, 0.25) is 0 Å². The van der Waals surface area contributed by atoms with Crippen molar-refractivity contribution in [3.63, 3.8) is 0 Å². The largest absolute Gasteiger partial charge is 0.454 e. The van der Waals surface area contributed by atoms with Gasteiger partial charge >= 0.3 is 0 Å². The lowest BCUT2D eigenvalue weighted by Crippen LogP contribution is -2.18. The fraction of sp³-hybridized carbons (Fsp3) is 0.0526. The average molecular weight is 771 g/mol. The van der Waals surface area contributed by atoms with Crippen LogP contribution < -0.4 is 9.80 Å². The van der Waals surface area contributed by atoms with E-state index in [0.717, 1.165) is 61.6 Å². The third-order valence-electron chi connectivity index (χ3n) is 12.2. The van der Waals surface area contributed by atoms with Gasteiger partial charge in [-0.15, -0.1) is 0 Å². The molecular weight excluding hydrogens is 729 g/mol. The Bertz CT molecular complexity index is 3170. The first-order valence-electron chi connectivity index (χ1n) is 20.7. The summed E-state index contributed by atoms with van der Waals surface area (Å²) in [6.07, 6.45) is 0. The van der Waals surface area contributed by atoms with Crippen LogP contribution in [0.1, 0.15) is 25.0 Å². The summed E-state index contributed by atoms with van der Waals surface area (Å²) >= 11 is 0. The van der Waals surface area contributed by atoms with Gasteiger partial charge in [-0.2, -0.15) is 0 Å². The Labute approximate surface area is 351 Å². The molecule has 1 heterocycles. The van der Waals surface area contributed by atoms with Crippen LogP contribution in [0.4, 0.5) is 34.1 Å². The van der Waals surface area contributed by atoms with Crippen LogP contribution in [0.3, 0.4) is 0 Å². The van der Waals surface area contributed by atoms with Crippen LogP contribution >= 0.6 is 0 Å². The Morgan fingerprint density at radius 1 is 0.383 bits per heavy atom. The molecule has 0 spiro atoms. The second-order valence-electron chi connectivity index (χ2n) is 16.2. The molecule has 10 aromatic rings. The summed E-state index contributed by atoms with van der Waals surface area (Å²) in [4.78, 5) is 4.76. The van der Waals surface area contributed by atoms with E-state index in [1.165, 1.54) is 38.9 Å². The lowest BCUT2D eigenvalue weighted by atomic mass is 9.81. The van der Waals surface area contributed by atoms with Gasteiger partial charge in [0.05, 0.1) is 5.69 Å². The summed E-state index contributed by atoms with van der Waals surface area (Å²) in [5.74, 6) is 0. The molecule has 0 unspecified atom stereocenters. The third kappa shape index (κ3) is 5.89. The second kappa shape index (κ2) is 14.3. The van der Waals surface area contributed by atoms with Crippen molar-refractivity contribution >= 4 is 56.1 Å². The molecule has 1 aromatic heterocycles. The Morgan fingerprint density at radius 3 is 1.48 bits per heavy atom. The molecule has 0 amide bonds. The number of para-hydroxylation sites is 3. The Morgan fingerprint density at radius 2 is 0.867 bits per heavy atom. The zero-order chi connectivity index (χ0) is 40.2. The summed E-state index contributed by atoms with van der Waals surface area (Å²) in [5.41, 5.74) is 17.7. The molecule has 3 nitrogen and oxygen atoms in total. The Hall–Kier alpha value is -7.62. The molecule has 3 heteroatoms. The minimum Gasteiger partial charge on any atom is -0.454 e. The lowest BCUT2D eigenvalue weighted by Gasteiger charge is -2.29. The molecule has 1 aliphatic carbocycles. The van der Waals surface area contributed by atoms with Crippen LogP contribution in [0.15, 0.2) is 223 Å². The van der Waals surface area contributed by atoms with Gasteiger partial charge < -0.3 is 14.2 Å². The molecular formula is C57H42N2O. The van der Waals surface area contributed by atoms with Crippen molar-refractivity contribution < 1.29 is 4.42 Å². The van der Waals surface area contributed by atoms with Crippen molar-refractivity contribution in [1.29, 1.82) is 0 Å². The minimum atomic E-state index is -0.343. The summed E-state index contributed by atoms with van der Waals surface area (Å²) in [5, 5.41) is 2.27. The number of rotatable bonds is 8. The fourth-order valence-electron chi connectivity index (χ4n) is 9.31. The summed E-state index contributed by atoms with van der Waals surface area (Å²) in [7, 11) is 0. The molecule has 0 saturated heterocycles. The quantitative estimate of drug-likeness (QED) is 0.153. The van der Waals surface area contributed by atoms with Gasteiger partial charge in [-0.25, -0.2) is 0 Å². The topological polar surface area (TPSA) is 19.6 Å². The maximum absolute atomic E-state index is 7.01. The number of furan rings is 1. The van der Waals surface area contributed by atoms with Crippen LogP contribution in [-0.4, -0.2) is 0 Å². The van der Waals surface area contributed by atoms with Crippen LogP contribution in [0.5, 0.6) is 0 Å². The molecule has 1 aliphatic rings. The number of anilines is 6. The predicted octanol–water partition coefficient (Wildman–Crippen LogP) is 16.2. The molecule has 0 fully saturated rings. The Kier molecular flexibility index (Phi) is 8.49. The zero-order valence-corrected chi connectivity index (χ0v) is 33.6. The monoisotopic (exact) mass is 770 g/mol. The molecule has 0 saturated carbocycles. The second-order valence-corrected chi connectivity index (χ2v) is 16.2. The zero-order valence-electron chi connectivity index (χ0n) is 33.6. The van der Waals surface area contributed by atoms with Crippen molar-refractivity contribution in [2.45, 2.75) is 19.3 Å². The van der Waals surface area contributed by atoms with E-state index in [2.05, 4.69) is 242 Å². The predicted molar refractivity (Wildman–Crippen MR) is 252 cm³/mol. The van der Waals surface area contributed by atoms with E-state index in [4.69, 9.17) is 4.42 Å². The first-order valence-corrected chi connectivity index (χ1v) is 20.7. The van der Waals surface area contributed by atoms with Gasteiger partial charge in [0.15, 0.2) is 5.58 Å². The first kappa shape index (κ1) is 35.5. The molecule has 0 atom stereocenters. The molecule has 0 bridgehead atoms. The number of fused-ring (bicyclic) bond motifs is 7. The molecule has 286 valence electrons. The van der Waals surface area contributed by atoms with Gasteiger partial charge in [-0.05, 0) is 117 Å². The minimum absolute atomic E-state index is 0.343. The van der Waals surface area contributed by atoms with Crippen molar-refractivity contribution in [1.82, 2.24) is 0 Å². The normalized spacial score (nSPS) is 12.6. The highest BCUT2D eigenvalue weighted by Gasteiger charge is 2.40. The molecule has 9 aromatic carbocycles. The number of nitrogens with zero attached hydrogens (tertiary/aromatic N) is 2. The highest BCUT2D eigenvalue weighted by Crippen LogP contribution is 2.57. The van der Waals surface area contributed by atoms with Crippen LogP contribution in [0.2, 0.25) is 0 Å². The van der Waals surface area contributed by atoms with E-state index in [1.807, 2.05) is 0 Å². The van der Waals surface area contributed by atoms with Crippen molar-refractivity contribution in [3.8, 4) is 33.4 Å². The Balaban J connectivity index is 1.13. The highest BCUT2D eigenvalue weighted by molar-refractivity contribution is 6.19.